The van der Waals surface area contributed by atoms with E-state index < -0.39 is 12.1 Å². The number of Topliss-reactive ketones (excluding diaryl/α,β-unsaturated/α-hetero) is 1. The summed E-state index contributed by atoms with van der Waals surface area (Å²) in [5, 5.41) is 6.69. The van der Waals surface area contributed by atoms with Crippen molar-refractivity contribution in [3.05, 3.63) is 114 Å². The molecule has 9 heteroatoms. The maximum atomic E-state index is 13.1. The first kappa shape index (κ1) is 29.2. The second-order valence-corrected chi connectivity index (χ2v) is 10.2. The van der Waals surface area contributed by atoms with Crippen LogP contribution in [0.25, 0.3) is 0 Å². The van der Waals surface area contributed by atoms with Gasteiger partial charge in [-0.1, -0.05) is 42.5 Å². The van der Waals surface area contributed by atoms with Crippen molar-refractivity contribution < 1.29 is 23.8 Å². The van der Waals surface area contributed by atoms with Crippen molar-refractivity contribution in [2.24, 2.45) is 5.10 Å². The van der Waals surface area contributed by atoms with Crippen LogP contribution >= 0.6 is 0 Å². The van der Waals surface area contributed by atoms with E-state index in [0.717, 1.165) is 28.2 Å². The summed E-state index contributed by atoms with van der Waals surface area (Å²) in [7, 11) is 6.91. The summed E-state index contributed by atoms with van der Waals surface area (Å²) in [6.45, 7) is 1.73. The first-order chi connectivity index (χ1) is 20.8. The Labute approximate surface area is 251 Å². The van der Waals surface area contributed by atoms with Crippen molar-refractivity contribution in [3.63, 3.8) is 0 Å². The van der Waals surface area contributed by atoms with Crippen molar-refractivity contribution in [1.82, 2.24) is 0 Å². The molecule has 1 atom stereocenters. The van der Waals surface area contributed by atoms with Crippen LogP contribution in [0.15, 0.2) is 102 Å². The number of ketones is 1. The molecule has 1 unspecified atom stereocenters. The van der Waals surface area contributed by atoms with Crippen LogP contribution in [0.5, 0.6) is 11.5 Å². The molecule has 0 aromatic heterocycles. The molecular formula is C34H34N4O5. The van der Waals surface area contributed by atoms with Crippen LogP contribution in [0.3, 0.4) is 0 Å². The summed E-state index contributed by atoms with van der Waals surface area (Å²) >= 11 is 0. The number of hydrazone groups is 1. The molecule has 0 amide bonds. The quantitative estimate of drug-likeness (QED) is 0.210. The highest BCUT2D eigenvalue weighted by Gasteiger charge is 2.41. The Morgan fingerprint density at radius 3 is 2.14 bits per heavy atom. The first-order valence-electron chi connectivity index (χ1n) is 13.8. The molecule has 0 radical (unpaired) electrons. The second-order valence-electron chi connectivity index (χ2n) is 10.2. The number of methoxy groups -OCH3 is 2. The van der Waals surface area contributed by atoms with Crippen LogP contribution in [-0.4, -0.2) is 45.9 Å². The summed E-state index contributed by atoms with van der Waals surface area (Å²) in [6.07, 6.45) is -0.571. The lowest BCUT2D eigenvalue weighted by Crippen LogP contribution is -2.38. The van der Waals surface area contributed by atoms with Gasteiger partial charge in [0, 0.05) is 38.0 Å². The number of para-hydroxylation sites is 2. The second kappa shape index (κ2) is 12.7. The van der Waals surface area contributed by atoms with E-state index in [9.17, 15) is 9.59 Å². The lowest BCUT2D eigenvalue weighted by atomic mass is 10.1. The Morgan fingerprint density at radius 2 is 1.53 bits per heavy atom. The highest BCUT2D eigenvalue weighted by molar-refractivity contribution is 6.44. The van der Waals surface area contributed by atoms with Gasteiger partial charge in [0.2, 0.25) is 0 Å². The van der Waals surface area contributed by atoms with Gasteiger partial charge in [-0.05, 0) is 60.2 Å². The molecule has 4 aromatic carbocycles. The van der Waals surface area contributed by atoms with Gasteiger partial charge in [0.25, 0.3) is 0 Å². The van der Waals surface area contributed by atoms with Crippen molar-refractivity contribution >= 4 is 34.7 Å². The zero-order valence-electron chi connectivity index (χ0n) is 24.9. The number of ether oxygens (including phenoxy) is 3. The number of benzene rings is 4. The van der Waals surface area contributed by atoms with E-state index in [1.54, 1.807) is 19.2 Å². The van der Waals surface area contributed by atoms with Crippen LogP contribution < -0.4 is 24.3 Å². The van der Waals surface area contributed by atoms with E-state index in [2.05, 4.69) is 0 Å². The van der Waals surface area contributed by atoms with E-state index >= 15 is 0 Å². The Morgan fingerprint density at radius 1 is 0.837 bits per heavy atom. The van der Waals surface area contributed by atoms with E-state index in [-0.39, 0.29) is 12.4 Å². The minimum absolute atomic E-state index is 0.170. The maximum absolute atomic E-state index is 13.1. The number of carbonyl (C=O) groups is 2. The fourth-order valence-corrected chi connectivity index (χ4v) is 4.96. The SMILES string of the molecule is COC(=O)c1ccc(COc2c(OC)cccc2C2N(c3ccccc3)N=C(C(C)=O)N2c2ccc(N(C)C)cc2)cc1. The average Bonchev–Trinajstić information content (AvgIpc) is 3.45. The molecule has 0 saturated heterocycles. The zero-order valence-corrected chi connectivity index (χ0v) is 24.9. The van der Waals surface area contributed by atoms with E-state index in [1.165, 1.54) is 14.0 Å². The molecule has 0 bridgehead atoms. The summed E-state index contributed by atoms with van der Waals surface area (Å²) in [4.78, 5) is 28.9. The lowest BCUT2D eigenvalue weighted by molar-refractivity contribution is -0.111. The number of anilines is 3. The minimum Gasteiger partial charge on any atom is -0.493 e. The molecular weight excluding hydrogens is 544 g/mol. The number of hydrogen-bond acceptors (Lipinski definition) is 9. The van der Waals surface area contributed by atoms with Gasteiger partial charge in [-0.15, -0.1) is 5.10 Å². The molecule has 4 aromatic rings. The van der Waals surface area contributed by atoms with Crippen LogP contribution in [-0.2, 0) is 16.1 Å². The van der Waals surface area contributed by atoms with E-state index in [4.69, 9.17) is 19.3 Å². The van der Waals surface area contributed by atoms with Gasteiger partial charge < -0.3 is 19.1 Å². The van der Waals surface area contributed by atoms with Gasteiger partial charge in [0.15, 0.2) is 29.3 Å². The average molecular weight is 579 g/mol. The number of nitrogens with zero attached hydrogens (tertiary/aromatic N) is 4. The molecule has 220 valence electrons. The van der Waals surface area contributed by atoms with Crippen molar-refractivity contribution in [1.29, 1.82) is 0 Å². The fourth-order valence-electron chi connectivity index (χ4n) is 4.96. The lowest BCUT2D eigenvalue weighted by Gasteiger charge is -2.33. The fraction of sp³-hybridized carbons (Fsp3) is 0.206. The van der Waals surface area contributed by atoms with Gasteiger partial charge in [-0.3, -0.25) is 9.69 Å². The summed E-state index contributed by atoms with van der Waals surface area (Å²) in [5.74, 6) is 0.787. The molecule has 9 nitrogen and oxygen atoms in total. The normalized spacial score (nSPS) is 14.3. The highest BCUT2D eigenvalue weighted by Crippen LogP contribution is 2.45. The van der Waals surface area contributed by atoms with Crippen molar-refractivity contribution in [2.45, 2.75) is 19.7 Å². The third-order valence-corrected chi connectivity index (χ3v) is 7.15. The van der Waals surface area contributed by atoms with E-state index in [0.29, 0.717) is 22.9 Å². The monoisotopic (exact) mass is 578 g/mol. The molecule has 0 spiro atoms. The number of rotatable bonds is 10. The molecule has 0 fully saturated rings. The molecule has 0 aliphatic carbocycles. The third kappa shape index (κ3) is 6.01. The predicted octanol–water partition coefficient (Wildman–Crippen LogP) is 6.05. The number of carbonyl (C=O) groups excluding carboxylic acids is 2. The molecule has 1 heterocycles. The minimum atomic E-state index is -0.571. The summed E-state index contributed by atoms with van der Waals surface area (Å²) < 4.78 is 17.0. The van der Waals surface area contributed by atoms with Gasteiger partial charge in [0.1, 0.15) is 6.61 Å². The van der Waals surface area contributed by atoms with Crippen molar-refractivity contribution in [3.8, 4) is 11.5 Å². The molecule has 1 aliphatic heterocycles. The molecule has 0 saturated carbocycles. The standard InChI is InChI=1S/C34H34N4O5/c1-23(39)32-35-38(28-10-7-6-8-11-28)33(37(32)27-20-18-26(19-21-27)36(2)3)29-12-9-13-30(41-4)31(29)43-22-24-14-16-25(17-15-24)34(40)42-5/h6-21,33H,22H2,1-5H3. The maximum Gasteiger partial charge on any atom is 0.337 e. The number of hydrogen-bond donors (Lipinski definition) is 0. The van der Waals surface area contributed by atoms with Gasteiger partial charge in [0.05, 0.1) is 25.5 Å². The molecule has 5 rings (SSSR count). The van der Waals surface area contributed by atoms with Gasteiger partial charge in [-0.25, -0.2) is 9.80 Å². The Kier molecular flexibility index (Phi) is 8.61. The number of esters is 1. The zero-order chi connectivity index (χ0) is 30.5. The summed E-state index contributed by atoms with van der Waals surface area (Å²) in [6, 6.07) is 30.4. The van der Waals surface area contributed by atoms with Crippen LogP contribution in [0.1, 0.15) is 34.6 Å². The highest BCUT2D eigenvalue weighted by atomic mass is 16.5. The van der Waals surface area contributed by atoms with Crippen molar-refractivity contribution in [2.75, 3.05) is 43.1 Å². The molecule has 0 N–H and O–H groups in total. The first-order valence-corrected chi connectivity index (χ1v) is 13.8. The topological polar surface area (TPSA) is 83.9 Å². The molecule has 1 aliphatic rings. The largest absolute Gasteiger partial charge is 0.493 e. The Hall–Kier alpha value is -5.31. The molecule has 43 heavy (non-hydrogen) atoms. The van der Waals surface area contributed by atoms with Crippen LogP contribution in [0.2, 0.25) is 0 Å². The van der Waals surface area contributed by atoms with Gasteiger partial charge >= 0.3 is 5.97 Å². The van der Waals surface area contributed by atoms with Crippen LogP contribution in [0.4, 0.5) is 17.1 Å². The number of amidine groups is 1. The van der Waals surface area contributed by atoms with E-state index in [1.807, 2.05) is 114 Å². The Balaban J connectivity index is 1.60. The predicted molar refractivity (Wildman–Crippen MR) is 168 cm³/mol. The third-order valence-electron chi connectivity index (χ3n) is 7.15. The smallest absolute Gasteiger partial charge is 0.337 e. The van der Waals surface area contributed by atoms with Crippen LogP contribution in [0, 0.1) is 0 Å². The summed E-state index contributed by atoms with van der Waals surface area (Å²) in [5.41, 5.74) is 4.71. The van der Waals surface area contributed by atoms with Gasteiger partial charge in [-0.2, -0.15) is 0 Å². The Bertz CT molecular complexity index is 1620.